The first-order chi connectivity index (χ1) is 6.16. The normalized spacial score (nSPS) is 10.6. The van der Waals surface area contributed by atoms with Gasteiger partial charge in [-0.2, -0.15) is 0 Å². The van der Waals surface area contributed by atoms with Crippen LogP contribution in [0.3, 0.4) is 0 Å². The third-order valence-electron chi connectivity index (χ3n) is 1.71. The quantitative estimate of drug-likeness (QED) is 0.770. The summed E-state index contributed by atoms with van der Waals surface area (Å²) in [6.07, 6.45) is 1.29. The predicted molar refractivity (Wildman–Crippen MR) is 51.1 cm³/mol. The van der Waals surface area contributed by atoms with E-state index in [1.165, 1.54) is 18.3 Å². The molecule has 0 aliphatic carbocycles. The Morgan fingerprint density at radius 2 is 2.08 bits per heavy atom. The summed E-state index contributed by atoms with van der Waals surface area (Å²) in [6, 6.07) is 4.43. The summed E-state index contributed by atoms with van der Waals surface area (Å²) in [5.74, 6) is -0.281. The van der Waals surface area contributed by atoms with E-state index in [9.17, 15) is 4.39 Å². The first kappa shape index (κ1) is 8.44. The van der Waals surface area contributed by atoms with Gasteiger partial charge in [0, 0.05) is 11.5 Å². The van der Waals surface area contributed by atoms with Crippen LogP contribution < -0.4 is 0 Å². The van der Waals surface area contributed by atoms with Crippen LogP contribution in [0.15, 0.2) is 28.9 Å². The van der Waals surface area contributed by atoms with E-state index in [1.54, 1.807) is 6.07 Å². The molecule has 1 aromatic carbocycles. The SMILES string of the molecule is Oc1cnc2cc(F)c(Br)cc2c1. The fraction of sp³-hybridized carbons (Fsp3) is 0. The number of rotatable bonds is 0. The van der Waals surface area contributed by atoms with Gasteiger partial charge in [0.05, 0.1) is 16.2 Å². The number of benzene rings is 1. The number of fused-ring (bicyclic) bond motifs is 1. The van der Waals surface area contributed by atoms with Crippen molar-refractivity contribution in [1.29, 1.82) is 0 Å². The second-order valence-electron chi connectivity index (χ2n) is 2.65. The van der Waals surface area contributed by atoms with E-state index in [-0.39, 0.29) is 11.6 Å². The van der Waals surface area contributed by atoms with Crippen molar-refractivity contribution < 1.29 is 9.50 Å². The van der Waals surface area contributed by atoms with Crippen LogP contribution >= 0.6 is 15.9 Å². The maximum atomic E-state index is 13.0. The minimum Gasteiger partial charge on any atom is -0.506 e. The molecule has 13 heavy (non-hydrogen) atoms. The maximum Gasteiger partial charge on any atom is 0.139 e. The molecule has 2 aromatic rings. The van der Waals surface area contributed by atoms with E-state index < -0.39 is 0 Å². The largest absolute Gasteiger partial charge is 0.506 e. The molecule has 1 aromatic heterocycles. The number of halogens is 2. The minimum atomic E-state index is -0.356. The van der Waals surface area contributed by atoms with E-state index in [1.807, 2.05) is 0 Å². The molecule has 1 heterocycles. The molecule has 4 heteroatoms. The molecule has 66 valence electrons. The lowest BCUT2D eigenvalue weighted by atomic mass is 10.2. The molecule has 0 unspecified atom stereocenters. The average molecular weight is 242 g/mol. The Hall–Kier alpha value is -1.16. The van der Waals surface area contributed by atoms with Gasteiger partial charge in [0.25, 0.3) is 0 Å². The van der Waals surface area contributed by atoms with Crippen molar-refractivity contribution >= 4 is 26.8 Å². The molecule has 0 amide bonds. The van der Waals surface area contributed by atoms with E-state index in [2.05, 4.69) is 20.9 Å². The molecule has 0 spiro atoms. The first-order valence-electron chi connectivity index (χ1n) is 3.60. The molecule has 2 rings (SSSR count). The summed E-state index contributed by atoms with van der Waals surface area (Å²) in [4.78, 5) is 3.87. The summed E-state index contributed by atoms with van der Waals surface area (Å²) in [5, 5.41) is 9.82. The molecule has 1 N–H and O–H groups in total. The lowest BCUT2D eigenvalue weighted by Crippen LogP contribution is -1.82. The van der Waals surface area contributed by atoms with E-state index in [0.29, 0.717) is 15.4 Å². The Kier molecular flexibility index (Phi) is 1.92. The predicted octanol–water partition coefficient (Wildman–Crippen LogP) is 2.84. The Bertz CT molecular complexity index is 472. The maximum absolute atomic E-state index is 13.0. The molecule has 0 aliphatic heterocycles. The number of pyridine rings is 1. The van der Waals surface area contributed by atoms with Gasteiger partial charge in [0.1, 0.15) is 11.6 Å². The number of aromatic hydroxyl groups is 1. The van der Waals surface area contributed by atoms with Crippen LogP contribution in [0.2, 0.25) is 0 Å². The van der Waals surface area contributed by atoms with Gasteiger partial charge < -0.3 is 5.11 Å². The number of aromatic nitrogens is 1. The second-order valence-corrected chi connectivity index (χ2v) is 3.51. The van der Waals surface area contributed by atoms with Crippen LogP contribution in [0.25, 0.3) is 10.9 Å². The van der Waals surface area contributed by atoms with Gasteiger partial charge in [0.15, 0.2) is 0 Å². The minimum absolute atomic E-state index is 0.0750. The molecule has 0 aliphatic rings. The Morgan fingerprint density at radius 1 is 1.31 bits per heavy atom. The van der Waals surface area contributed by atoms with Crippen LogP contribution in [-0.2, 0) is 0 Å². The van der Waals surface area contributed by atoms with Crippen molar-refractivity contribution in [3.63, 3.8) is 0 Å². The number of nitrogens with zero attached hydrogens (tertiary/aromatic N) is 1. The standard InChI is InChI=1S/C9H5BrFNO/c10-7-2-5-1-6(13)4-12-9(5)3-8(7)11/h1-4,13H. The van der Waals surface area contributed by atoms with Gasteiger partial charge in [-0.15, -0.1) is 0 Å². The summed E-state index contributed by atoms with van der Waals surface area (Å²) in [6.45, 7) is 0. The lowest BCUT2D eigenvalue weighted by Gasteiger charge is -1.99. The highest BCUT2D eigenvalue weighted by Gasteiger charge is 2.03. The van der Waals surface area contributed by atoms with E-state index in [4.69, 9.17) is 5.11 Å². The van der Waals surface area contributed by atoms with Gasteiger partial charge in [-0.05, 0) is 28.1 Å². The highest BCUT2D eigenvalue weighted by atomic mass is 79.9. The number of hydrogen-bond acceptors (Lipinski definition) is 2. The Morgan fingerprint density at radius 3 is 2.85 bits per heavy atom. The molecule has 0 atom stereocenters. The molecular weight excluding hydrogens is 237 g/mol. The zero-order valence-corrected chi connectivity index (χ0v) is 8.05. The van der Waals surface area contributed by atoms with Crippen LogP contribution in [0, 0.1) is 5.82 Å². The Labute approximate surface area is 82.2 Å². The van der Waals surface area contributed by atoms with Gasteiger partial charge in [-0.3, -0.25) is 4.98 Å². The monoisotopic (exact) mass is 241 g/mol. The smallest absolute Gasteiger partial charge is 0.139 e. The van der Waals surface area contributed by atoms with E-state index >= 15 is 0 Å². The van der Waals surface area contributed by atoms with Crippen LogP contribution in [0.4, 0.5) is 4.39 Å². The van der Waals surface area contributed by atoms with Crippen molar-refractivity contribution in [2.24, 2.45) is 0 Å². The van der Waals surface area contributed by atoms with Gasteiger partial charge in [0.2, 0.25) is 0 Å². The van der Waals surface area contributed by atoms with Crippen LogP contribution in [0.5, 0.6) is 5.75 Å². The highest BCUT2D eigenvalue weighted by Crippen LogP contribution is 2.24. The van der Waals surface area contributed by atoms with Gasteiger partial charge in [-0.25, -0.2) is 4.39 Å². The summed E-state index contributed by atoms with van der Waals surface area (Å²) >= 11 is 3.06. The zero-order chi connectivity index (χ0) is 9.42. The van der Waals surface area contributed by atoms with Gasteiger partial charge in [-0.1, -0.05) is 0 Å². The molecule has 0 saturated heterocycles. The summed E-state index contributed by atoms with van der Waals surface area (Å²) < 4.78 is 13.4. The summed E-state index contributed by atoms with van der Waals surface area (Å²) in [5.41, 5.74) is 0.526. The number of hydrogen-bond donors (Lipinski definition) is 1. The van der Waals surface area contributed by atoms with Crippen molar-refractivity contribution in [2.45, 2.75) is 0 Å². The molecular formula is C9H5BrFNO. The van der Waals surface area contributed by atoms with Gasteiger partial charge >= 0.3 is 0 Å². The third kappa shape index (κ3) is 1.49. The molecule has 0 saturated carbocycles. The molecule has 0 fully saturated rings. The summed E-state index contributed by atoms with van der Waals surface area (Å²) in [7, 11) is 0. The average Bonchev–Trinajstić information content (AvgIpc) is 2.08. The fourth-order valence-electron chi connectivity index (χ4n) is 1.11. The molecule has 0 radical (unpaired) electrons. The third-order valence-corrected chi connectivity index (χ3v) is 2.32. The second kappa shape index (κ2) is 2.96. The van der Waals surface area contributed by atoms with Crippen LogP contribution in [-0.4, -0.2) is 10.1 Å². The topological polar surface area (TPSA) is 33.1 Å². The zero-order valence-electron chi connectivity index (χ0n) is 6.46. The molecule has 2 nitrogen and oxygen atoms in total. The highest BCUT2D eigenvalue weighted by molar-refractivity contribution is 9.10. The van der Waals surface area contributed by atoms with Crippen molar-refractivity contribution in [3.8, 4) is 5.75 Å². The lowest BCUT2D eigenvalue weighted by molar-refractivity contribution is 0.474. The molecule has 0 bridgehead atoms. The fourth-order valence-corrected chi connectivity index (χ4v) is 1.47. The van der Waals surface area contributed by atoms with Crippen molar-refractivity contribution in [2.75, 3.05) is 0 Å². The Balaban J connectivity index is 2.81. The van der Waals surface area contributed by atoms with Crippen molar-refractivity contribution in [3.05, 3.63) is 34.7 Å². The van der Waals surface area contributed by atoms with Crippen molar-refractivity contribution in [1.82, 2.24) is 4.98 Å². The first-order valence-corrected chi connectivity index (χ1v) is 4.40. The van der Waals surface area contributed by atoms with Crippen LogP contribution in [0.1, 0.15) is 0 Å². The van der Waals surface area contributed by atoms with E-state index in [0.717, 1.165) is 0 Å².